The average molecular weight is 366 g/mol. The minimum Gasteiger partial charge on any atom is -0.494 e. The van der Waals surface area contributed by atoms with E-state index >= 15 is 0 Å². The zero-order chi connectivity index (χ0) is 18.9. The Morgan fingerprint density at radius 2 is 1.81 bits per heavy atom. The lowest BCUT2D eigenvalue weighted by Gasteiger charge is -2.19. The Morgan fingerprint density at radius 3 is 2.52 bits per heavy atom. The first-order valence-corrected chi connectivity index (χ1v) is 9.30. The van der Waals surface area contributed by atoms with Gasteiger partial charge in [-0.25, -0.2) is 0 Å². The Kier molecular flexibility index (Phi) is 6.96. The fraction of sp³-hybridized carbons (Fsp3) is 0.333. The molecule has 1 aromatic heterocycles. The molecule has 0 aliphatic carbocycles. The van der Waals surface area contributed by atoms with E-state index in [-0.39, 0.29) is 0 Å². The number of hydrogen-bond acceptors (Lipinski definition) is 6. The van der Waals surface area contributed by atoms with Gasteiger partial charge in [0.25, 0.3) is 0 Å². The Hall–Kier alpha value is -2.70. The molecule has 0 fully saturated rings. The molecule has 0 atom stereocenters. The lowest BCUT2D eigenvalue weighted by atomic mass is 10.1. The van der Waals surface area contributed by atoms with Crippen LogP contribution in [0.5, 0.6) is 5.75 Å². The predicted octanol–water partition coefficient (Wildman–Crippen LogP) is 3.14. The third-order valence-electron chi connectivity index (χ3n) is 4.26. The fourth-order valence-corrected chi connectivity index (χ4v) is 2.88. The summed E-state index contributed by atoms with van der Waals surface area (Å²) in [7, 11) is 0. The van der Waals surface area contributed by atoms with Crippen molar-refractivity contribution in [2.24, 2.45) is 5.73 Å². The van der Waals surface area contributed by atoms with Crippen LogP contribution >= 0.6 is 0 Å². The lowest BCUT2D eigenvalue weighted by molar-refractivity contribution is 0.234. The summed E-state index contributed by atoms with van der Waals surface area (Å²) < 4.78 is 10.9. The number of aromatic nitrogens is 2. The van der Waals surface area contributed by atoms with Crippen molar-refractivity contribution in [3.63, 3.8) is 0 Å². The molecule has 0 aliphatic heterocycles. The van der Waals surface area contributed by atoms with Gasteiger partial charge in [0, 0.05) is 25.2 Å². The van der Waals surface area contributed by atoms with Gasteiger partial charge in [0.15, 0.2) is 0 Å². The zero-order valence-corrected chi connectivity index (χ0v) is 15.7. The van der Waals surface area contributed by atoms with Crippen LogP contribution in [0.2, 0.25) is 0 Å². The molecule has 0 spiro atoms. The molecule has 0 saturated heterocycles. The van der Waals surface area contributed by atoms with Crippen molar-refractivity contribution in [3.05, 3.63) is 66.1 Å². The number of nitrogens with two attached hydrogens (primary N) is 1. The van der Waals surface area contributed by atoms with E-state index in [1.165, 1.54) is 5.56 Å². The highest BCUT2D eigenvalue weighted by molar-refractivity contribution is 5.55. The summed E-state index contributed by atoms with van der Waals surface area (Å²) >= 11 is 0. The first kappa shape index (κ1) is 19.1. The summed E-state index contributed by atoms with van der Waals surface area (Å²) in [5.41, 5.74) is 7.98. The van der Waals surface area contributed by atoms with Crippen molar-refractivity contribution in [2.75, 3.05) is 26.2 Å². The predicted molar refractivity (Wildman–Crippen MR) is 105 cm³/mol. The summed E-state index contributed by atoms with van der Waals surface area (Å²) in [5.74, 6) is 2.02. The summed E-state index contributed by atoms with van der Waals surface area (Å²) in [5, 5.41) is 4.11. The second-order valence-electron chi connectivity index (χ2n) is 6.27. The quantitative estimate of drug-likeness (QED) is 0.594. The topological polar surface area (TPSA) is 77.4 Å². The molecule has 0 aliphatic rings. The van der Waals surface area contributed by atoms with Crippen molar-refractivity contribution in [1.82, 2.24) is 15.0 Å². The first-order valence-electron chi connectivity index (χ1n) is 9.30. The van der Waals surface area contributed by atoms with Crippen molar-refractivity contribution in [1.29, 1.82) is 0 Å². The van der Waals surface area contributed by atoms with Crippen LogP contribution in [0.25, 0.3) is 11.4 Å². The Labute approximate surface area is 159 Å². The van der Waals surface area contributed by atoms with E-state index in [9.17, 15) is 0 Å². The molecule has 6 nitrogen and oxygen atoms in total. The van der Waals surface area contributed by atoms with E-state index < -0.39 is 0 Å². The molecule has 0 amide bonds. The van der Waals surface area contributed by atoms with Crippen LogP contribution in [0.1, 0.15) is 18.4 Å². The molecule has 0 saturated carbocycles. The van der Waals surface area contributed by atoms with E-state index in [0.29, 0.717) is 31.4 Å². The molecule has 0 unspecified atom stereocenters. The third-order valence-corrected chi connectivity index (χ3v) is 4.26. The van der Waals surface area contributed by atoms with E-state index in [1.807, 2.05) is 37.3 Å². The van der Waals surface area contributed by atoms with Gasteiger partial charge in [-0.1, -0.05) is 35.5 Å². The molecule has 1 heterocycles. The average Bonchev–Trinajstić information content (AvgIpc) is 3.16. The second-order valence-corrected chi connectivity index (χ2v) is 6.27. The zero-order valence-electron chi connectivity index (χ0n) is 15.7. The van der Waals surface area contributed by atoms with Crippen LogP contribution < -0.4 is 10.5 Å². The Bertz CT molecular complexity index is 803. The van der Waals surface area contributed by atoms with Crippen LogP contribution in [0.15, 0.2) is 59.1 Å². The van der Waals surface area contributed by atoms with E-state index in [4.69, 9.17) is 15.0 Å². The first-order chi connectivity index (χ1) is 13.3. The number of hydrogen-bond donors (Lipinski definition) is 1. The number of rotatable bonds is 10. The van der Waals surface area contributed by atoms with Gasteiger partial charge in [-0.15, -0.1) is 0 Å². The molecule has 3 aromatic rings. The van der Waals surface area contributed by atoms with Gasteiger partial charge in [0.05, 0.1) is 13.2 Å². The molecule has 27 heavy (non-hydrogen) atoms. The van der Waals surface area contributed by atoms with Gasteiger partial charge in [-0.3, -0.25) is 4.90 Å². The number of nitrogens with zero attached hydrogens (tertiary/aromatic N) is 3. The third kappa shape index (κ3) is 5.64. The van der Waals surface area contributed by atoms with Gasteiger partial charge in [0.2, 0.25) is 11.7 Å². The van der Waals surface area contributed by atoms with Gasteiger partial charge in [-0.05, 0) is 43.2 Å². The van der Waals surface area contributed by atoms with Gasteiger partial charge < -0.3 is 15.0 Å². The van der Waals surface area contributed by atoms with Crippen molar-refractivity contribution < 1.29 is 9.26 Å². The molecule has 0 bridgehead atoms. The number of benzene rings is 2. The highest BCUT2D eigenvalue weighted by Crippen LogP contribution is 2.20. The lowest BCUT2D eigenvalue weighted by Crippen LogP contribution is -2.31. The molecular formula is C21H26N4O2. The van der Waals surface area contributed by atoms with Crippen LogP contribution in [-0.2, 0) is 13.0 Å². The normalized spacial score (nSPS) is 11.1. The maximum absolute atomic E-state index is 5.77. The maximum Gasteiger partial charge on any atom is 0.241 e. The highest BCUT2D eigenvalue weighted by atomic mass is 16.5. The maximum atomic E-state index is 5.77. The number of ether oxygens (including phenoxy) is 1. The van der Waals surface area contributed by atoms with E-state index in [0.717, 1.165) is 30.8 Å². The standard InChI is InChI=1S/C21H26N4O2/c1-2-26-19-10-8-18(9-11-19)21-23-20(27-24-21)16-25(15-13-22)14-12-17-6-4-3-5-7-17/h3-11H,2,12-16,22H2,1H3. The second kappa shape index (κ2) is 9.85. The van der Waals surface area contributed by atoms with Gasteiger partial charge in [-0.2, -0.15) is 4.98 Å². The molecule has 6 heteroatoms. The van der Waals surface area contributed by atoms with E-state index in [1.54, 1.807) is 0 Å². The molecule has 2 N–H and O–H groups in total. The molecule has 3 rings (SSSR count). The highest BCUT2D eigenvalue weighted by Gasteiger charge is 2.13. The smallest absolute Gasteiger partial charge is 0.241 e. The molecular weight excluding hydrogens is 340 g/mol. The summed E-state index contributed by atoms with van der Waals surface area (Å²) in [6.45, 7) is 5.47. The van der Waals surface area contributed by atoms with Crippen LogP contribution in [0.4, 0.5) is 0 Å². The van der Waals surface area contributed by atoms with Gasteiger partial charge >= 0.3 is 0 Å². The molecule has 2 aromatic carbocycles. The summed E-state index contributed by atoms with van der Waals surface area (Å²) in [4.78, 5) is 6.77. The Morgan fingerprint density at radius 1 is 1.04 bits per heavy atom. The fourth-order valence-electron chi connectivity index (χ4n) is 2.88. The van der Waals surface area contributed by atoms with Crippen LogP contribution in [-0.4, -0.2) is 41.3 Å². The largest absolute Gasteiger partial charge is 0.494 e. The van der Waals surface area contributed by atoms with Gasteiger partial charge in [0.1, 0.15) is 5.75 Å². The van der Waals surface area contributed by atoms with Crippen molar-refractivity contribution >= 4 is 0 Å². The Balaban J connectivity index is 1.61. The minimum atomic E-state index is 0.587. The van der Waals surface area contributed by atoms with Crippen LogP contribution in [0, 0.1) is 0 Å². The van der Waals surface area contributed by atoms with Crippen molar-refractivity contribution in [3.8, 4) is 17.1 Å². The molecule has 0 radical (unpaired) electrons. The van der Waals surface area contributed by atoms with Crippen LogP contribution in [0.3, 0.4) is 0 Å². The van der Waals surface area contributed by atoms with E-state index in [2.05, 4.69) is 39.3 Å². The minimum absolute atomic E-state index is 0.587. The SMILES string of the molecule is CCOc1ccc(-c2noc(CN(CCN)CCc3ccccc3)n2)cc1. The van der Waals surface area contributed by atoms with Crippen molar-refractivity contribution in [2.45, 2.75) is 19.9 Å². The molecule has 142 valence electrons. The summed E-state index contributed by atoms with van der Waals surface area (Å²) in [6.07, 6.45) is 0.959. The summed E-state index contributed by atoms with van der Waals surface area (Å²) in [6, 6.07) is 18.1. The monoisotopic (exact) mass is 366 g/mol.